The minimum absolute atomic E-state index is 0.167. The van der Waals surface area contributed by atoms with E-state index in [1.165, 1.54) is 0 Å². The minimum Gasteiger partial charge on any atom is -0.339 e. The number of aromatic nitrogens is 2. The van der Waals surface area contributed by atoms with E-state index in [0.29, 0.717) is 11.7 Å². The summed E-state index contributed by atoms with van der Waals surface area (Å²) in [5, 5.41) is 3.85. The maximum atomic E-state index is 5.88. The van der Waals surface area contributed by atoms with Gasteiger partial charge in [0.2, 0.25) is 5.89 Å². The quantitative estimate of drug-likeness (QED) is 0.749. The molecule has 0 aromatic carbocycles. The lowest BCUT2D eigenvalue weighted by atomic mass is 10.3. The van der Waals surface area contributed by atoms with Crippen LogP contribution in [0.2, 0.25) is 0 Å². The van der Waals surface area contributed by atoms with Gasteiger partial charge in [-0.25, -0.2) is 0 Å². The lowest BCUT2D eigenvalue weighted by Gasteiger charge is -2.12. The maximum absolute atomic E-state index is 5.88. The molecule has 0 aliphatic heterocycles. The van der Waals surface area contributed by atoms with Crippen LogP contribution in [0.4, 0.5) is 0 Å². The first-order valence-electron chi connectivity index (χ1n) is 4.86. The Kier molecular flexibility index (Phi) is 4.03. The van der Waals surface area contributed by atoms with Crippen molar-refractivity contribution in [1.29, 1.82) is 0 Å². The molecule has 1 atom stereocenters. The number of nitrogens with zero attached hydrogens (tertiary/aromatic N) is 3. The minimum atomic E-state index is -0.167. The third kappa shape index (κ3) is 3.08. The van der Waals surface area contributed by atoms with Crippen molar-refractivity contribution in [1.82, 2.24) is 15.0 Å². The van der Waals surface area contributed by atoms with Gasteiger partial charge in [0.25, 0.3) is 0 Å². The van der Waals surface area contributed by atoms with Gasteiger partial charge in [0.15, 0.2) is 5.82 Å². The Hall–Kier alpha value is -0.940. The largest absolute Gasteiger partial charge is 0.339 e. The number of hydrogen-bond donors (Lipinski definition) is 1. The van der Waals surface area contributed by atoms with E-state index >= 15 is 0 Å². The number of rotatable bonds is 5. The second-order valence-corrected chi connectivity index (χ2v) is 3.67. The van der Waals surface area contributed by atoms with Crippen molar-refractivity contribution in [2.75, 3.05) is 20.6 Å². The summed E-state index contributed by atoms with van der Waals surface area (Å²) in [5.41, 5.74) is 5.88. The molecule has 1 aromatic heterocycles. The zero-order valence-corrected chi connectivity index (χ0v) is 9.03. The van der Waals surface area contributed by atoms with Gasteiger partial charge in [0.1, 0.15) is 0 Å². The molecule has 1 unspecified atom stereocenters. The van der Waals surface area contributed by atoms with Gasteiger partial charge in [-0.2, -0.15) is 4.98 Å². The van der Waals surface area contributed by atoms with Crippen LogP contribution in [0.5, 0.6) is 0 Å². The first-order chi connectivity index (χ1) is 6.63. The molecule has 14 heavy (non-hydrogen) atoms. The molecule has 0 saturated heterocycles. The fourth-order valence-electron chi connectivity index (χ4n) is 1.21. The Morgan fingerprint density at radius 3 is 2.79 bits per heavy atom. The third-order valence-electron chi connectivity index (χ3n) is 1.84. The molecule has 0 saturated carbocycles. The average Bonchev–Trinajstić information content (AvgIpc) is 2.52. The lowest BCUT2D eigenvalue weighted by molar-refractivity contribution is 0.346. The van der Waals surface area contributed by atoms with Crippen LogP contribution in [0.1, 0.15) is 31.1 Å². The molecule has 0 radical (unpaired) electrons. The van der Waals surface area contributed by atoms with Gasteiger partial charge in [-0.15, -0.1) is 0 Å². The van der Waals surface area contributed by atoms with E-state index in [-0.39, 0.29) is 6.04 Å². The number of likely N-dealkylation sites (N-methyl/N-ethyl adjacent to an activating group) is 1. The fraction of sp³-hybridized carbons (Fsp3) is 0.778. The van der Waals surface area contributed by atoms with Gasteiger partial charge in [-0.05, 0) is 20.5 Å². The second kappa shape index (κ2) is 5.07. The van der Waals surface area contributed by atoms with E-state index in [9.17, 15) is 0 Å². The molecule has 0 bridgehead atoms. The van der Waals surface area contributed by atoms with Crippen molar-refractivity contribution < 1.29 is 4.52 Å². The van der Waals surface area contributed by atoms with Crippen LogP contribution in [0, 0.1) is 0 Å². The van der Waals surface area contributed by atoms with Crippen molar-refractivity contribution in [3.8, 4) is 0 Å². The highest BCUT2D eigenvalue weighted by atomic mass is 16.5. The Morgan fingerprint density at radius 1 is 1.50 bits per heavy atom. The topological polar surface area (TPSA) is 68.2 Å². The second-order valence-electron chi connectivity index (χ2n) is 3.67. The highest BCUT2D eigenvalue weighted by Crippen LogP contribution is 2.08. The van der Waals surface area contributed by atoms with E-state index in [2.05, 4.69) is 17.1 Å². The summed E-state index contributed by atoms with van der Waals surface area (Å²) < 4.78 is 5.05. The number of aryl methyl sites for hydroxylation is 1. The Labute approximate surface area is 84.3 Å². The molecule has 2 N–H and O–H groups in total. The van der Waals surface area contributed by atoms with Crippen LogP contribution in [-0.4, -0.2) is 35.7 Å². The lowest BCUT2D eigenvalue weighted by Crippen LogP contribution is -2.26. The third-order valence-corrected chi connectivity index (χ3v) is 1.84. The highest BCUT2D eigenvalue weighted by Gasteiger charge is 2.14. The monoisotopic (exact) mass is 198 g/mol. The highest BCUT2D eigenvalue weighted by molar-refractivity contribution is 4.93. The maximum Gasteiger partial charge on any atom is 0.226 e. The smallest absolute Gasteiger partial charge is 0.226 e. The molecule has 0 amide bonds. The van der Waals surface area contributed by atoms with Gasteiger partial charge >= 0.3 is 0 Å². The summed E-state index contributed by atoms with van der Waals surface area (Å²) in [7, 11) is 3.93. The van der Waals surface area contributed by atoms with Gasteiger partial charge < -0.3 is 15.2 Å². The molecule has 0 spiro atoms. The predicted molar refractivity (Wildman–Crippen MR) is 53.8 cm³/mol. The Bertz CT molecular complexity index is 272. The van der Waals surface area contributed by atoms with E-state index in [0.717, 1.165) is 19.4 Å². The summed E-state index contributed by atoms with van der Waals surface area (Å²) in [5.74, 6) is 1.28. The van der Waals surface area contributed by atoms with Crippen LogP contribution in [0.3, 0.4) is 0 Å². The van der Waals surface area contributed by atoms with Gasteiger partial charge in [-0.1, -0.05) is 12.1 Å². The molecule has 0 aliphatic rings. The van der Waals surface area contributed by atoms with Crippen molar-refractivity contribution in [2.24, 2.45) is 5.73 Å². The molecule has 1 rings (SSSR count). The molecule has 1 aromatic rings. The summed E-state index contributed by atoms with van der Waals surface area (Å²) >= 11 is 0. The van der Waals surface area contributed by atoms with Gasteiger partial charge in [0, 0.05) is 13.0 Å². The normalized spacial score (nSPS) is 13.5. The van der Waals surface area contributed by atoms with E-state index < -0.39 is 0 Å². The summed E-state index contributed by atoms with van der Waals surface area (Å²) in [6.45, 7) is 2.80. The molecule has 5 nitrogen and oxygen atoms in total. The van der Waals surface area contributed by atoms with E-state index in [1.54, 1.807) is 0 Å². The summed E-state index contributed by atoms with van der Waals surface area (Å²) in [6.07, 6.45) is 1.83. The van der Waals surface area contributed by atoms with Crippen LogP contribution < -0.4 is 5.73 Å². The zero-order valence-electron chi connectivity index (χ0n) is 9.03. The summed E-state index contributed by atoms with van der Waals surface area (Å²) in [4.78, 5) is 6.22. The first kappa shape index (κ1) is 11.1. The molecule has 5 heteroatoms. The molecule has 80 valence electrons. The van der Waals surface area contributed by atoms with Crippen LogP contribution in [0.25, 0.3) is 0 Å². The van der Waals surface area contributed by atoms with Crippen molar-refractivity contribution in [2.45, 2.75) is 25.8 Å². The van der Waals surface area contributed by atoms with E-state index in [4.69, 9.17) is 10.3 Å². The first-order valence-corrected chi connectivity index (χ1v) is 4.86. The molecule has 1 heterocycles. The van der Waals surface area contributed by atoms with Crippen molar-refractivity contribution in [3.05, 3.63) is 11.7 Å². The van der Waals surface area contributed by atoms with Crippen molar-refractivity contribution >= 4 is 0 Å². The van der Waals surface area contributed by atoms with E-state index in [1.807, 2.05) is 19.0 Å². The number of hydrogen-bond acceptors (Lipinski definition) is 5. The standard InChI is InChI=1S/C9H18N4O/c1-4-5-8-11-9(12-14-8)7(10)6-13(2)3/h7H,4-6,10H2,1-3H3. The van der Waals surface area contributed by atoms with Crippen molar-refractivity contribution in [3.63, 3.8) is 0 Å². The fourth-order valence-corrected chi connectivity index (χ4v) is 1.21. The van der Waals surface area contributed by atoms with Crippen LogP contribution in [0.15, 0.2) is 4.52 Å². The molecular formula is C9H18N4O. The van der Waals surface area contributed by atoms with Gasteiger partial charge in [0.05, 0.1) is 6.04 Å². The van der Waals surface area contributed by atoms with Crippen LogP contribution in [-0.2, 0) is 6.42 Å². The predicted octanol–water partition coefficient (Wildman–Crippen LogP) is 0.583. The zero-order chi connectivity index (χ0) is 10.6. The average molecular weight is 198 g/mol. The summed E-state index contributed by atoms with van der Waals surface area (Å²) in [6, 6.07) is -0.167. The molecular weight excluding hydrogens is 180 g/mol. The molecule has 0 fully saturated rings. The molecule has 0 aliphatic carbocycles. The SMILES string of the molecule is CCCc1nc(C(N)CN(C)C)no1. The number of nitrogens with two attached hydrogens (primary N) is 1. The van der Waals surface area contributed by atoms with Crippen LogP contribution >= 0.6 is 0 Å². The Morgan fingerprint density at radius 2 is 2.21 bits per heavy atom. The Balaban J connectivity index is 2.57. The van der Waals surface area contributed by atoms with Gasteiger partial charge in [-0.3, -0.25) is 0 Å².